The normalized spacial score (nSPS) is 12.0. The first-order chi connectivity index (χ1) is 11.1. The van der Waals surface area contributed by atoms with Gasteiger partial charge in [0.15, 0.2) is 11.5 Å². The summed E-state index contributed by atoms with van der Waals surface area (Å²) in [5, 5.41) is 1.14. The van der Waals surface area contributed by atoms with E-state index in [9.17, 15) is 8.42 Å². The Morgan fingerprint density at radius 2 is 1.78 bits per heavy atom. The fourth-order valence-corrected chi connectivity index (χ4v) is 2.75. The van der Waals surface area contributed by atoms with Crippen LogP contribution in [0.5, 0.6) is 0 Å². The predicted octanol–water partition coefficient (Wildman–Crippen LogP) is 3.63. The molecule has 23 heavy (non-hydrogen) atoms. The van der Waals surface area contributed by atoms with Crippen LogP contribution in [0.25, 0.3) is 17.6 Å². The van der Waals surface area contributed by atoms with Gasteiger partial charge in [0.1, 0.15) is 5.76 Å². The number of hydrogen-bond acceptors (Lipinski definition) is 4. The Bertz CT molecular complexity index is 878. The van der Waals surface area contributed by atoms with E-state index >= 15 is 0 Å². The van der Waals surface area contributed by atoms with E-state index in [0.29, 0.717) is 17.3 Å². The van der Waals surface area contributed by atoms with Gasteiger partial charge in [-0.15, -0.1) is 0 Å². The molecular formula is C17H15NO4S. The van der Waals surface area contributed by atoms with E-state index in [0.717, 1.165) is 11.0 Å². The van der Waals surface area contributed by atoms with Crippen molar-refractivity contribution in [1.29, 1.82) is 0 Å². The van der Waals surface area contributed by atoms with Crippen molar-refractivity contribution in [2.75, 3.05) is 0 Å². The Morgan fingerprint density at radius 3 is 2.52 bits per heavy atom. The fourth-order valence-electron chi connectivity index (χ4n) is 1.98. The molecule has 3 aromatic rings. The zero-order valence-corrected chi connectivity index (χ0v) is 13.0. The molecule has 1 aromatic carbocycles. The summed E-state index contributed by atoms with van der Waals surface area (Å²) in [5.74, 6) is 1.67. The molecular weight excluding hydrogens is 314 g/mol. The molecule has 0 unspecified atom stereocenters. The van der Waals surface area contributed by atoms with Gasteiger partial charge in [0.25, 0.3) is 0 Å². The first-order valence-corrected chi connectivity index (χ1v) is 8.52. The summed E-state index contributed by atoms with van der Waals surface area (Å²) in [6.07, 6.45) is 3.09. The molecule has 0 aliphatic rings. The average molecular weight is 329 g/mol. The number of rotatable bonds is 6. The maximum atomic E-state index is 12.0. The van der Waals surface area contributed by atoms with Gasteiger partial charge in [-0.25, -0.2) is 13.1 Å². The maximum absolute atomic E-state index is 12.0. The van der Waals surface area contributed by atoms with Crippen molar-refractivity contribution in [3.05, 3.63) is 77.6 Å². The minimum atomic E-state index is -3.54. The fraction of sp³-hybridized carbons (Fsp3) is 0.0588. The Kier molecular flexibility index (Phi) is 4.45. The lowest BCUT2D eigenvalue weighted by Gasteiger charge is -2.00. The lowest BCUT2D eigenvalue weighted by atomic mass is 10.2. The van der Waals surface area contributed by atoms with E-state index in [4.69, 9.17) is 8.83 Å². The minimum Gasteiger partial charge on any atom is -0.461 e. The van der Waals surface area contributed by atoms with Gasteiger partial charge in [0.2, 0.25) is 10.0 Å². The molecule has 5 nitrogen and oxygen atoms in total. The van der Waals surface area contributed by atoms with Crippen LogP contribution in [-0.2, 0) is 16.6 Å². The number of benzene rings is 1. The summed E-state index contributed by atoms with van der Waals surface area (Å²) >= 11 is 0. The van der Waals surface area contributed by atoms with Crippen LogP contribution >= 0.6 is 0 Å². The molecule has 0 saturated carbocycles. The number of furan rings is 2. The van der Waals surface area contributed by atoms with Crippen LogP contribution in [0.2, 0.25) is 0 Å². The summed E-state index contributed by atoms with van der Waals surface area (Å²) in [6.45, 7) is 0.0716. The molecule has 0 amide bonds. The Hall–Kier alpha value is -2.57. The van der Waals surface area contributed by atoms with Crippen LogP contribution in [0.15, 0.2) is 75.1 Å². The SMILES string of the molecule is O=S(=O)(C=Cc1ccccc1)NCc1ccc(-c2ccco2)o1. The number of sulfonamides is 1. The zero-order valence-electron chi connectivity index (χ0n) is 12.2. The molecule has 0 fully saturated rings. The highest BCUT2D eigenvalue weighted by molar-refractivity contribution is 7.92. The first-order valence-electron chi connectivity index (χ1n) is 6.98. The molecule has 118 valence electrons. The Labute approximate surface area is 134 Å². The van der Waals surface area contributed by atoms with Gasteiger partial charge in [-0.3, -0.25) is 0 Å². The second kappa shape index (κ2) is 6.68. The Morgan fingerprint density at radius 1 is 0.957 bits per heavy atom. The lowest BCUT2D eigenvalue weighted by Crippen LogP contribution is -2.20. The Balaban J connectivity index is 1.62. The topological polar surface area (TPSA) is 72.5 Å². The molecule has 2 heterocycles. The average Bonchev–Trinajstić information content (AvgIpc) is 3.23. The molecule has 0 atom stereocenters. The molecule has 3 rings (SSSR count). The van der Waals surface area contributed by atoms with E-state index in [1.165, 1.54) is 0 Å². The monoisotopic (exact) mass is 329 g/mol. The van der Waals surface area contributed by atoms with Crippen LogP contribution in [0, 0.1) is 0 Å². The summed E-state index contributed by atoms with van der Waals surface area (Å²) in [5.41, 5.74) is 0.816. The molecule has 0 saturated heterocycles. The number of nitrogens with one attached hydrogen (secondary N) is 1. The van der Waals surface area contributed by atoms with E-state index in [1.807, 2.05) is 30.3 Å². The third kappa shape index (κ3) is 4.21. The summed E-state index contributed by atoms with van der Waals surface area (Å²) in [4.78, 5) is 0. The van der Waals surface area contributed by atoms with Crippen LogP contribution in [0.3, 0.4) is 0 Å². The third-order valence-corrected chi connectivity index (χ3v) is 4.15. The quantitative estimate of drug-likeness (QED) is 0.749. The summed E-state index contributed by atoms with van der Waals surface area (Å²) < 4.78 is 37.1. The van der Waals surface area contributed by atoms with Crippen molar-refractivity contribution in [2.45, 2.75) is 6.54 Å². The van der Waals surface area contributed by atoms with E-state index < -0.39 is 10.0 Å². The summed E-state index contributed by atoms with van der Waals surface area (Å²) in [6, 6.07) is 16.2. The van der Waals surface area contributed by atoms with Crippen LogP contribution in [-0.4, -0.2) is 8.42 Å². The maximum Gasteiger partial charge on any atom is 0.234 e. The first kappa shape index (κ1) is 15.3. The lowest BCUT2D eigenvalue weighted by molar-refractivity contribution is 0.486. The molecule has 0 aliphatic carbocycles. The van der Waals surface area contributed by atoms with Gasteiger partial charge >= 0.3 is 0 Å². The minimum absolute atomic E-state index is 0.0716. The largest absolute Gasteiger partial charge is 0.461 e. The highest BCUT2D eigenvalue weighted by atomic mass is 32.2. The van der Waals surface area contributed by atoms with Crippen LogP contribution < -0.4 is 4.72 Å². The van der Waals surface area contributed by atoms with Gasteiger partial charge < -0.3 is 8.83 Å². The van der Waals surface area contributed by atoms with E-state index in [1.54, 1.807) is 36.6 Å². The molecule has 6 heteroatoms. The van der Waals surface area contributed by atoms with Crippen molar-refractivity contribution in [2.24, 2.45) is 0 Å². The smallest absolute Gasteiger partial charge is 0.234 e. The second-order valence-corrected chi connectivity index (χ2v) is 6.47. The summed E-state index contributed by atoms with van der Waals surface area (Å²) in [7, 11) is -3.54. The van der Waals surface area contributed by atoms with Gasteiger partial charge in [-0.1, -0.05) is 30.3 Å². The predicted molar refractivity (Wildman–Crippen MR) is 87.6 cm³/mol. The second-order valence-electron chi connectivity index (χ2n) is 4.82. The van der Waals surface area contributed by atoms with E-state index in [-0.39, 0.29) is 6.54 Å². The standard InChI is InChI=1S/C17H15NO4S/c19-23(20,12-10-14-5-2-1-3-6-14)18-13-15-8-9-17(22-15)16-7-4-11-21-16/h1-12,18H,13H2. The zero-order chi connectivity index (χ0) is 16.1. The van der Waals surface area contributed by atoms with Crippen molar-refractivity contribution >= 4 is 16.1 Å². The molecule has 0 spiro atoms. The molecule has 0 aliphatic heterocycles. The molecule has 2 aromatic heterocycles. The van der Waals surface area contributed by atoms with Gasteiger partial charge in [0.05, 0.1) is 12.8 Å². The molecule has 0 radical (unpaired) electrons. The van der Waals surface area contributed by atoms with Gasteiger partial charge in [0, 0.05) is 5.41 Å². The van der Waals surface area contributed by atoms with E-state index in [2.05, 4.69) is 4.72 Å². The van der Waals surface area contributed by atoms with Crippen molar-refractivity contribution < 1.29 is 17.3 Å². The molecule has 1 N–H and O–H groups in total. The molecule has 0 bridgehead atoms. The highest BCUT2D eigenvalue weighted by Gasteiger charge is 2.10. The van der Waals surface area contributed by atoms with Gasteiger partial charge in [-0.05, 0) is 35.9 Å². The van der Waals surface area contributed by atoms with Gasteiger partial charge in [-0.2, -0.15) is 0 Å². The van der Waals surface area contributed by atoms with Crippen molar-refractivity contribution in [1.82, 2.24) is 4.72 Å². The van der Waals surface area contributed by atoms with Crippen molar-refractivity contribution in [3.63, 3.8) is 0 Å². The van der Waals surface area contributed by atoms with Crippen LogP contribution in [0.4, 0.5) is 0 Å². The number of hydrogen-bond donors (Lipinski definition) is 1. The highest BCUT2D eigenvalue weighted by Crippen LogP contribution is 2.22. The van der Waals surface area contributed by atoms with Crippen LogP contribution in [0.1, 0.15) is 11.3 Å². The van der Waals surface area contributed by atoms with Crippen molar-refractivity contribution in [3.8, 4) is 11.5 Å². The third-order valence-electron chi connectivity index (χ3n) is 3.11.